The first kappa shape index (κ1) is 17.3. The van der Waals surface area contributed by atoms with E-state index in [4.69, 9.17) is 0 Å². The third-order valence-electron chi connectivity index (χ3n) is 7.73. The zero-order valence-electron chi connectivity index (χ0n) is 15.9. The summed E-state index contributed by atoms with van der Waals surface area (Å²) in [6.07, 6.45) is 22.1. The third kappa shape index (κ3) is 3.33. The Hall–Kier alpha value is -0.520. The van der Waals surface area contributed by atoms with Gasteiger partial charge in [-0.05, 0) is 93.8 Å². The van der Waals surface area contributed by atoms with Crippen LogP contribution in [0, 0.1) is 23.2 Å². The highest BCUT2D eigenvalue weighted by molar-refractivity contribution is 5.23. The van der Waals surface area contributed by atoms with Crippen LogP contribution in [0.5, 0.6) is 0 Å². The molecular formula is C23H38. The minimum atomic E-state index is 0.510. The van der Waals surface area contributed by atoms with Gasteiger partial charge in [-0.1, -0.05) is 50.5 Å². The predicted molar refractivity (Wildman–Crippen MR) is 101 cm³/mol. The van der Waals surface area contributed by atoms with Gasteiger partial charge < -0.3 is 0 Å². The molecule has 0 bridgehead atoms. The smallest absolute Gasteiger partial charge is 0.00313 e. The van der Waals surface area contributed by atoms with Crippen LogP contribution in [0.3, 0.4) is 0 Å². The van der Waals surface area contributed by atoms with E-state index in [9.17, 15) is 0 Å². The van der Waals surface area contributed by atoms with Crippen molar-refractivity contribution in [3.8, 4) is 0 Å². The molecule has 3 aliphatic carbocycles. The lowest BCUT2D eigenvalue weighted by Gasteiger charge is -2.54. The van der Waals surface area contributed by atoms with E-state index in [1.54, 1.807) is 5.57 Å². The van der Waals surface area contributed by atoms with E-state index in [2.05, 4.69) is 32.9 Å². The summed E-state index contributed by atoms with van der Waals surface area (Å²) in [5, 5.41) is 0. The first-order chi connectivity index (χ1) is 11.2. The molecule has 3 rings (SSSR count). The number of hydrogen-bond acceptors (Lipinski definition) is 0. The summed E-state index contributed by atoms with van der Waals surface area (Å²) in [6.45, 7) is 7.60. The molecule has 0 spiro atoms. The molecule has 0 heterocycles. The maximum Gasteiger partial charge on any atom is -0.00313 e. The van der Waals surface area contributed by atoms with Crippen LogP contribution < -0.4 is 0 Å². The van der Waals surface area contributed by atoms with Crippen LogP contribution in [-0.2, 0) is 0 Å². The Kier molecular flexibility index (Phi) is 5.70. The average Bonchev–Trinajstić information content (AvgIpc) is 2.61. The first-order valence-electron chi connectivity index (χ1n) is 10.6. The van der Waals surface area contributed by atoms with Gasteiger partial charge in [0, 0.05) is 0 Å². The van der Waals surface area contributed by atoms with E-state index >= 15 is 0 Å². The minimum Gasteiger partial charge on any atom is -0.0853 e. The topological polar surface area (TPSA) is 0 Å². The van der Waals surface area contributed by atoms with E-state index in [1.165, 1.54) is 77.0 Å². The fourth-order valence-corrected chi connectivity index (χ4v) is 6.20. The van der Waals surface area contributed by atoms with Crippen molar-refractivity contribution in [2.75, 3.05) is 0 Å². The molecular weight excluding hydrogens is 276 g/mol. The van der Waals surface area contributed by atoms with Crippen LogP contribution in [0.25, 0.3) is 0 Å². The Balaban J connectivity index is 1.90. The predicted octanol–water partition coefficient (Wildman–Crippen LogP) is 7.46. The van der Waals surface area contributed by atoms with Crippen molar-refractivity contribution >= 4 is 0 Å². The van der Waals surface area contributed by atoms with Gasteiger partial charge in [-0.2, -0.15) is 0 Å². The molecule has 0 saturated heterocycles. The highest BCUT2D eigenvalue weighted by atomic mass is 14.5. The van der Waals surface area contributed by atoms with E-state index < -0.39 is 0 Å². The van der Waals surface area contributed by atoms with Crippen molar-refractivity contribution < 1.29 is 0 Å². The highest BCUT2D eigenvalue weighted by Crippen LogP contribution is 2.58. The Morgan fingerprint density at radius 3 is 2.30 bits per heavy atom. The molecule has 0 aliphatic heterocycles. The van der Waals surface area contributed by atoms with Crippen LogP contribution in [0.15, 0.2) is 23.3 Å². The molecule has 1 fully saturated rings. The van der Waals surface area contributed by atoms with Gasteiger partial charge in [-0.25, -0.2) is 0 Å². The van der Waals surface area contributed by atoms with Gasteiger partial charge in [-0.3, -0.25) is 0 Å². The third-order valence-corrected chi connectivity index (χ3v) is 7.73. The molecule has 1 saturated carbocycles. The summed E-state index contributed by atoms with van der Waals surface area (Å²) in [6, 6.07) is 0. The minimum absolute atomic E-state index is 0.510. The lowest BCUT2D eigenvalue weighted by atomic mass is 9.51. The van der Waals surface area contributed by atoms with Crippen LogP contribution >= 0.6 is 0 Å². The Morgan fingerprint density at radius 2 is 1.70 bits per heavy atom. The van der Waals surface area contributed by atoms with Crippen LogP contribution in [0.4, 0.5) is 0 Å². The largest absolute Gasteiger partial charge is 0.0853 e. The molecule has 0 radical (unpaired) electrons. The number of allylic oxidation sites excluding steroid dienone is 4. The lowest BCUT2D eigenvalue weighted by Crippen LogP contribution is -2.45. The highest BCUT2D eigenvalue weighted by Gasteiger charge is 2.48. The molecule has 0 aromatic carbocycles. The van der Waals surface area contributed by atoms with Crippen molar-refractivity contribution in [3.05, 3.63) is 23.3 Å². The van der Waals surface area contributed by atoms with E-state index in [1.807, 2.05) is 5.57 Å². The fraction of sp³-hybridized carbons (Fsp3) is 0.826. The van der Waals surface area contributed by atoms with Crippen LogP contribution in [-0.4, -0.2) is 0 Å². The molecule has 0 N–H and O–H groups in total. The van der Waals surface area contributed by atoms with Gasteiger partial charge in [0.2, 0.25) is 0 Å². The van der Waals surface area contributed by atoms with Crippen LogP contribution in [0.2, 0.25) is 0 Å². The summed E-state index contributed by atoms with van der Waals surface area (Å²) in [5.41, 5.74) is 4.18. The summed E-state index contributed by atoms with van der Waals surface area (Å²) in [5.74, 6) is 2.67. The second-order valence-electron chi connectivity index (χ2n) is 8.72. The van der Waals surface area contributed by atoms with Crippen molar-refractivity contribution in [2.45, 2.75) is 97.8 Å². The maximum absolute atomic E-state index is 2.67. The first-order valence-corrected chi connectivity index (χ1v) is 10.6. The van der Waals surface area contributed by atoms with Gasteiger partial charge in [0.05, 0.1) is 0 Å². The second-order valence-corrected chi connectivity index (χ2v) is 8.72. The molecule has 3 aliphatic rings. The van der Waals surface area contributed by atoms with Crippen molar-refractivity contribution in [2.24, 2.45) is 23.2 Å². The van der Waals surface area contributed by atoms with Crippen molar-refractivity contribution in [3.63, 3.8) is 0 Å². The molecule has 4 atom stereocenters. The quantitative estimate of drug-likeness (QED) is 0.472. The van der Waals surface area contributed by atoms with Gasteiger partial charge >= 0.3 is 0 Å². The standard InChI is InChI=1S/C23H38/c1-4-23(21-13-9-6-10-14-21)19(3)18(2)15-16-22(23)17-20-11-7-5-8-12-20/h11,13,18-19,22H,4-10,12,14-17H2,1-3H3. The second kappa shape index (κ2) is 7.58. The summed E-state index contributed by atoms with van der Waals surface area (Å²) < 4.78 is 0. The maximum atomic E-state index is 2.67. The van der Waals surface area contributed by atoms with E-state index in [0.717, 1.165) is 17.8 Å². The monoisotopic (exact) mass is 314 g/mol. The molecule has 0 aromatic heterocycles. The summed E-state index contributed by atoms with van der Waals surface area (Å²) in [7, 11) is 0. The Bertz CT molecular complexity index is 455. The zero-order chi connectivity index (χ0) is 16.3. The Labute approximate surface area is 144 Å². The van der Waals surface area contributed by atoms with Crippen LogP contribution in [0.1, 0.15) is 97.8 Å². The summed E-state index contributed by atoms with van der Waals surface area (Å²) >= 11 is 0. The molecule has 23 heavy (non-hydrogen) atoms. The molecule has 130 valence electrons. The molecule has 0 heteroatoms. The zero-order valence-corrected chi connectivity index (χ0v) is 15.9. The number of hydrogen-bond donors (Lipinski definition) is 0. The normalized spacial score (nSPS) is 38.8. The Morgan fingerprint density at radius 1 is 0.957 bits per heavy atom. The van der Waals surface area contributed by atoms with Crippen molar-refractivity contribution in [1.82, 2.24) is 0 Å². The molecule has 0 amide bonds. The van der Waals surface area contributed by atoms with Gasteiger partial charge in [-0.15, -0.1) is 0 Å². The lowest BCUT2D eigenvalue weighted by molar-refractivity contribution is 0.0213. The van der Waals surface area contributed by atoms with Gasteiger partial charge in [0.1, 0.15) is 0 Å². The molecule has 0 aromatic rings. The summed E-state index contributed by atoms with van der Waals surface area (Å²) in [4.78, 5) is 0. The van der Waals surface area contributed by atoms with E-state index in [-0.39, 0.29) is 0 Å². The molecule has 4 unspecified atom stereocenters. The average molecular weight is 315 g/mol. The van der Waals surface area contributed by atoms with Crippen molar-refractivity contribution in [1.29, 1.82) is 0 Å². The van der Waals surface area contributed by atoms with E-state index in [0.29, 0.717) is 5.41 Å². The van der Waals surface area contributed by atoms with Gasteiger partial charge in [0.25, 0.3) is 0 Å². The SMILES string of the molecule is CCC1(C2=CCCCC2)C(CC2=CCCCC2)CCC(C)C1C. The number of rotatable bonds is 4. The van der Waals surface area contributed by atoms with Gasteiger partial charge in [0.15, 0.2) is 0 Å². The fourth-order valence-electron chi connectivity index (χ4n) is 6.20. The molecule has 0 nitrogen and oxygen atoms in total.